The van der Waals surface area contributed by atoms with Gasteiger partial charge in [0.2, 0.25) is 0 Å². The second-order valence-electron chi connectivity index (χ2n) is 3.73. The molecular formula is C12H13ClFN3. The van der Waals surface area contributed by atoms with Crippen molar-refractivity contribution in [2.75, 3.05) is 11.9 Å². The SMILES string of the molecule is Cc1c(Cl)cnn1CCNc1ccc(F)cc1. The predicted molar refractivity (Wildman–Crippen MR) is 66.9 cm³/mol. The third-order valence-electron chi connectivity index (χ3n) is 2.54. The predicted octanol–water partition coefficient (Wildman–Crippen LogP) is 3.10. The zero-order valence-electron chi connectivity index (χ0n) is 9.45. The second-order valence-corrected chi connectivity index (χ2v) is 4.14. The van der Waals surface area contributed by atoms with Gasteiger partial charge >= 0.3 is 0 Å². The van der Waals surface area contributed by atoms with Gasteiger partial charge in [-0.05, 0) is 31.2 Å². The smallest absolute Gasteiger partial charge is 0.123 e. The Balaban J connectivity index is 1.87. The molecule has 0 unspecified atom stereocenters. The average Bonchev–Trinajstić information content (AvgIpc) is 2.64. The van der Waals surface area contributed by atoms with Gasteiger partial charge in [0.1, 0.15) is 5.82 Å². The molecule has 1 heterocycles. The maximum absolute atomic E-state index is 12.7. The summed E-state index contributed by atoms with van der Waals surface area (Å²) in [5.74, 6) is -0.231. The Morgan fingerprint density at radius 1 is 1.35 bits per heavy atom. The van der Waals surface area contributed by atoms with Crippen molar-refractivity contribution < 1.29 is 4.39 Å². The number of hydrogen-bond acceptors (Lipinski definition) is 2. The van der Waals surface area contributed by atoms with E-state index >= 15 is 0 Å². The molecule has 0 aliphatic heterocycles. The summed E-state index contributed by atoms with van der Waals surface area (Å²) in [6, 6.07) is 6.27. The van der Waals surface area contributed by atoms with E-state index in [0.29, 0.717) is 11.6 Å². The molecule has 2 rings (SSSR count). The topological polar surface area (TPSA) is 29.9 Å². The fourth-order valence-corrected chi connectivity index (χ4v) is 1.66. The molecule has 0 atom stereocenters. The zero-order valence-corrected chi connectivity index (χ0v) is 10.2. The number of halogens is 2. The standard InChI is InChI=1S/C12H13ClFN3/c1-9-12(13)8-16-17(9)7-6-15-11-4-2-10(14)3-5-11/h2-5,8,15H,6-7H2,1H3. The van der Waals surface area contributed by atoms with E-state index in [1.165, 1.54) is 12.1 Å². The lowest BCUT2D eigenvalue weighted by Gasteiger charge is -2.07. The molecule has 5 heteroatoms. The van der Waals surface area contributed by atoms with Crippen LogP contribution < -0.4 is 5.32 Å². The number of anilines is 1. The summed E-state index contributed by atoms with van der Waals surface area (Å²) in [7, 11) is 0. The van der Waals surface area contributed by atoms with Crippen molar-refractivity contribution in [2.45, 2.75) is 13.5 Å². The Labute approximate surface area is 104 Å². The minimum atomic E-state index is -0.231. The molecule has 17 heavy (non-hydrogen) atoms. The lowest BCUT2D eigenvalue weighted by atomic mass is 10.3. The first kappa shape index (κ1) is 11.9. The summed E-state index contributed by atoms with van der Waals surface area (Å²) < 4.78 is 14.5. The Morgan fingerprint density at radius 2 is 2.06 bits per heavy atom. The molecule has 90 valence electrons. The van der Waals surface area contributed by atoms with E-state index < -0.39 is 0 Å². The van der Waals surface area contributed by atoms with Gasteiger partial charge in [-0.25, -0.2) is 4.39 Å². The molecule has 0 amide bonds. The maximum atomic E-state index is 12.7. The van der Waals surface area contributed by atoms with E-state index in [2.05, 4.69) is 10.4 Å². The molecule has 0 saturated heterocycles. The minimum absolute atomic E-state index is 0.231. The van der Waals surface area contributed by atoms with Crippen molar-refractivity contribution in [1.82, 2.24) is 9.78 Å². The number of hydrogen-bond donors (Lipinski definition) is 1. The number of nitrogens with zero attached hydrogens (tertiary/aromatic N) is 2. The molecule has 0 spiro atoms. The summed E-state index contributed by atoms with van der Waals surface area (Å²) in [6.45, 7) is 3.35. The van der Waals surface area contributed by atoms with Gasteiger partial charge < -0.3 is 5.32 Å². The molecule has 3 nitrogen and oxygen atoms in total. The fraction of sp³-hybridized carbons (Fsp3) is 0.250. The summed E-state index contributed by atoms with van der Waals surface area (Å²) >= 11 is 5.90. The molecule has 2 aromatic rings. The van der Waals surface area contributed by atoms with Crippen molar-refractivity contribution in [3.8, 4) is 0 Å². The zero-order chi connectivity index (χ0) is 12.3. The summed E-state index contributed by atoms with van der Waals surface area (Å²) in [6.07, 6.45) is 1.63. The molecule has 1 aromatic carbocycles. The first-order valence-electron chi connectivity index (χ1n) is 5.34. The van der Waals surface area contributed by atoms with Crippen LogP contribution in [0.3, 0.4) is 0 Å². The average molecular weight is 254 g/mol. The normalized spacial score (nSPS) is 10.5. The molecule has 0 saturated carbocycles. The van der Waals surface area contributed by atoms with Gasteiger partial charge in [0.15, 0.2) is 0 Å². The Morgan fingerprint density at radius 3 is 2.65 bits per heavy atom. The highest BCUT2D eigenvalue weighted by Gasteiger charge is 2.02. The maximum Gasteiger partial charge on any atom is 0.123 e. The van der Waals surface area contributed by atoms with Crippen molar-refractivity contribution >= 4 is 17.3 Å². The Kier molecular flexibility index (Phi) is 3.64. The van der Waals surface area contributed by atoms with Crippen LogP contribution in [0.4, 0.5) is 10.1 Å². The highest BCUT2D eigenvalue weighted by molar-refractivity contribution is 6.31. The highest BCUT2D eigenvalue weighted by Crippen LogP contribution is 2.13. The van der Waals surface area contributed by atoms with E-state index in [9.17, 15) is 4.39 Å². The van der Waals surface area contributed by atoms with Gasteiger partial charge in [-0.2, -0.15) is 5.10 Å². The van der Waals surface area contributed by atoms with Crippen LogP contribution in [0, 0.1) is 12.7 Å². The van der Waals surface area contributed by atoms with Gasteiger partial charge in [-0.1, -0.05) is 11.6 Å². The van der Waals surface area contributed by atoms with Crippen LogP contribution >= 0.6 is 11.6 Å². The number of nitrogens with one attached hydrogen (secondary N) is 1. The quantitative estimate of drug-likeness (QED) is 0.908. The van der Waals surface area contributed by atoms with Crippen LogP contribution in [0.15, 0.2) is 30.5 Å². The van der Waals surface area contributed by atoms with Gasteiger partial charge in [0, 0.05) is 12.2 Å². The number of benzene rings is 1. The lowest BCUT2D eigenvalue weighted by Crippen LogP contribution is -2.12. The summed E-state index contributed by atoms with van der Waals surface area (Å²) in [5, 5.41) is 8.00. The second kappa shape index (κ2) is 5.19. The molecule has 0 bridgehead atoms. The van der Waals surface area contributed by atoms with Gasteiger partial charge in [0.25, 0.3) is 0 Å². The van der Waals surface area contributed by atoms with E-state index in [1.807, 2.05) is 11.6 Å². The Hall–Kier alpha value is -1.55. The van der Waals surface area contributed by atoms with E-state index in [4.69, 9.17) is 11.6 Å². The molecule has 1 N–H and O–H groups in total. The van der Waals surface area contributed by atoms with Crippen LogP contribution in [0.5, 0.6) is 0 Å². The monoisotopic (exact) mass is 253 g/mol. The third-order valence-corrected chi connectivity index (χ3v) is 2.91. The largest absolute Gasteiger partial charge is 0.383 e. The number of rotatable bonds is 4. The Bertz CT molecular complexity index is 493. The third kappa shape index (κ3) is 2.97. The molecule has 0 radical (unpaired) electrons. The summed E-state index contributed by atoms with van der Waals surface area (Å²) in [5.41, 5.74) is 1.84. The van der Waals surface area contributed by atoms with Crippen molar-refractivity contribution in [3.05, 3.63) is 47.0 Å². The van der Waals surface area contributed by atoms with Crippen LogP contribution in [0.2, 0.25) is 5.02 Å². The molecule has 0 aliphatic carbocycles. The van der Waals surface area contributed by atoms with Gasteiger partial charge in [0.05, 0.1) is 23.5 Å². The summed E-state index contributed by atoms with van der Waals surface area (Å²) in [4.78, 5) is 0. The van der Waals surface area contributed by atoms with Crippen LogP contribution in [-0.2, 0) is 6.54 Å². The molecular weight excluding hydrogens is 241 g/mol. The van der Waals surface area contributed by atoms with E-state index in [0.717, 1.165) is 17.9 Å². The number of aromatic nitrogens is 2. The lowest BCUT2D eigenvalue weighted by molar-refractivity contribution is 0.618. The first-order chi connectivity index (χ1) is 8.16. The first-order valence-corrected chi connectivity index (χ1v) is 5.72. The van der Waals surface area contributed by atoms with Gasteiger partial charge in [-0.15, -0.1) is 0 Å². The van der Waals surface area contributed by atoms with Crippen molar-refractivity contribution in [2.24, 2.45) is 0 Å². The fourth-order valence-electron chi connectivity index (χ4n) is 1.52. The molecule has 0 aliphatic rings. The minimum Gasteiger partial charge on any atom is -0.383 e. The van der Waals surface area contributed by atoms with Crippen molar-refractivity contribution in [3.63, 3.8) is 0 Å². The highest BCUT2D eigenvalue weighted by atomic mass is 35.5. The molecule has 0 fully saturated rings. The van der Waals surface area contributed by atoms with E-state index in [1.54, 1.807) is 18.3 Å². The van der Waals surface area contributed by atoms with Crippen molar-refractivity contribution in [1.29, 1.82) is 0 Å². The van der Waals surface area contributed by atoms with Crippen LogP contribution in [-0.4, -0.2) is 16.3 Å². The van der Waals surface area contributed by atoms with E-state index in [-0.39, 0.29) is 5.82 Å². The van der Waals surface area contributed by atoms with Crippen LogP contribution in [0.25, 0.3) is 0 Å². The van der Waals surface area contributed by atoms with Gasteiger partial charge in [-0.3, -0.25) is 4.68 Å². The van der Waals surface area contributed by atoms with Crippen LogP contribution in [0.1, 0.15) is 5.69 Å². The molecule has 1 aromatic heterocycles.